The van der Waals surface area contributed by atoms with Crippen molar-refractivity contribution < 1.29 is 9.47 Å². The van der Waals surface area contributed by atoms with Crippen molar-refractivity contribution in [1.82, 2.24) is 9.97 Å². The predicted octanol–water partition coefficient (Wildman–Crippen LogP) is 0.652. The van der Waals surface area contributed by atoms with E-state index in [-0.39, 0.29) is 12.2 Å². The SMILES string of the molecule is O=c1cc[nH]c2nc3c(cc12)OCO3. The van der Waals surface area contributed by atoms with Gasteiger partial charge in [0, 0.05) is 18.3 Å². The maximum absolute atomic E-state index is 11.4. The fourth-order valence-corrected chi connectivity index (χ4v) is 1.42. The lowest BCUT2D eigenvalue weighted by atomic mass is 10.3. The molecule has 0 bridgehead atoms. The van der Waals surface area contributed by atoms with E-state index in [1.807, 2.05) is 0 Å². The first-order chi connectivity index (χ1) is 6.84. The number of aromatic nitrogens is 2. The zero-order valence-corrected chi connectivity index (χ0v) is 7.11. The number of H-pyrrole nitrogens is 1. The van der Waals surface area contributed by atoms with Crippen LogP contribution >= 0.6 is 0 Å². The van der Waals surface area contributed by atoms with Crippen LogP contribution in [0.15, 0.2) is 23.1 Å². The molecule has 5 heteroatoms. The summed E-state index contributed by atoms with van der Waals surface area (Å²) in [5.74, 6) is 0.952. The van der Waals surface area contributed by atoms with Gasteiger partial charge in [-0.15, -0.1) is 0 Å². The molecule has 0 aromatic carbocycles. The first-order valence-corrected chi connectivity index (χ1v) is 4.12. The number of nitrogens with one attached hydrogen (secondary N) is 1. The second kappa shape index (κ2) is 2.47. The van der Waals surface area contributed by atoms with Crippen molar-refractivity contribution in [2.75, 3.05) is 6.79 Å². The minimum Gasteiger partial charge on any atom is -0.452 e. The summed E-state index contributed by atoms with van der Waals surface area (Å²) in [6, 6.07) is 3.09. The molecule has 0 radical (unpaired) electrons. The van der Waals surface area contributed by atoms with Gasteiger partial charge in [0.1, 0.15) is 5.65 Å². The van der Waals surface area contributed by atoms with Gasteiger partial charge in [-0.3, -0.25) is 4.79 Å². The van der Waals surface area contributed by atoms with E-state index < -0.39 is 0 Å². The van der Waals surface area contributed by atoms with Crippen LogP contribution in [0, 0.1) is 0 Å². The number of fused-ring (bicyclic) bond motifs is 2. The van der Waals surface area contributed by atoms with Crippen LogP contribution in [0.2, 0.25) is 0 Å². The van der Waals surface area contributed by atoms with E-state index in [4.69, 9.17) is 9.47 Å². The van der Waals surface area contributed by atoms with Gasteiger partial charge in [-0.2, -0.15) is 4.98 Å². The molecule has 0 fully saturated rings. The summed E-state index contributed by atoms with van der Waals surface area (Å²) in [5.41, 5.74) is 0.436. The minimum absolute atomic E-state index is 0.0791. The highest BCUT2D eigenvalue weighted by atomic mass is 16.7. The number of nitrogens with zero attached hydrogens (tertiary/aromatic N) is 1. The fourth-order valence-electron chi connectivity index (χ4n) is 1.42. The molecule has 0 spiro atoms. The Balaban J connectivity index is 2.45. The minimum atomic E-state index is -0.0791. The van der Waals surface area contributed by atoms with Gasteiger partial charge in [0.15, 0.2) is 11.2 Å². The first-order valence-electron chi connectivity index (χ1n) is 4.12. The van der Waals surface area contributed by atoms with Crippen LogP contribution in [0.5, 0.6) is 11.6 Å². The van der Waals surface area contributed by atoms with Gasteiger partial charge >= 0.3 is 0 Å². The number of hydrogen-bond acceptors (Lipinski definition) is 4. The highest BCUT2D eigenvalue weighted by molar-refractivity contribution is 5.77. The van der Waals surface area contributed by atoms with Crippen molar-refractivity contribution in [1.29, 1.82) is 0 Å². The van der Waals surface area contributed by atoms with Crippen molar-refractivity contribution in [3.63, 3.8) is 0 Å². The molecule has 1 aliphatic rings. The molecule has 1 N–H and O–H groups in total. The second-order valence-corrected chi connectivity index (χ2v) is 2.94. The van der Waals surface area contributed by atoms with E-state index >= 15 is 0 Å². The van der Waals surface area contributed by atoms with Crippen LogP contribution < -0.4 is 14.9 Å². The Morgan fingerprint density at radius 1 is 1.43 bits per heavy atom. The third-order valence-corrected chi connectivity index (χ3v) is 2.08. The van der Waals surface area contributed by atoms with Crippen molar-refractivity contribution in [2.45, 2.75) is 0 Å². The van der Waals surface area contributed by atoms with Crippen LogP contribution in [0.4, 0.5) is 0 Å². The molecule has 2 aromatic heterocycles. The number of ether oxygens (including phenoxy) is 2. The van der Waals surface area contributed by atoms with Crippen LogP contribution in [-0.2, 0) is 0 Å². The van der Waals surface area contributed by atoms with Gasteiger partial charge in [0.25, 0.3) is 5.88 Å². The first kappa shape index (κ1) is 7.37. The van der Waals surface area contributed by atoms with Gasteiger partial charge in [-0.1, -0.05) is 0 Å². The Hall–Kier alpha value is -2.04. The summed E-state index contributed by atoms with van der Waals surface area (Å²) in [6.07, 6.45) is 1.56. The van der Waals surface area contributed by atoms with Crippen LogP contribution in [0.25, 0.3) is 11.0 Å². The lowest BCUT2D eigenvalue weighted by molar-refractivity contribution is 0.171. The van der Waals surface area contributed by atoms with E-state index in [2.05, 4.69) is 9.97 Å². The van der Waals surface area contributed by atoms with Gasteiger partial charge in [0.05, 0.1) is 5.39 Å². The Morgan fingerprint density at radius 2 is 2.36 bits per heavy atom. The third-order valence-electron chi connectivity index (χ3n) is 2.08. The molecule has 2 aromatic rings. The van der Waals surface area contributed by atoms with E-state index in [0.717, 1.165) is 0 Å². The highest BCUT2D eigenvalue weighted by Gasteiger charge is 2.16. The smallest absolute Gasteiger partial charge is 0.262 e. The molecule has 14 heavy (non-hydrogen) atoms. The molecular formula is C9H6N2O3. The molecule has 0 saturated carbocycles. The second-order valence-electron chi connectivity index (χ2n) is 2.94. The number of rotatable bonds is 0. The zero-order valence-electron chi connectivity index (χ0n) is 7.11. The summed E-state index contributed by atoms with van der Waals surface area (Å²) >= 11 is 0. The quantitative estimate of drug-likeness (QED) is 0.662. The lowest BCUT2D eigenvalue weighted by Gasteiger charge is -1.97. The van der Waals surface area contributed by atoms with E-state index in [1.54, 1.807) is 12.3 Å². The van der Waals surface area contributed by atoms with Crippen molar-refractivity contribution >= 4 is 11.0 Å². The van der Waals surface area contributed by atoms with Gasteiger partial charge in [-0.05, 0) is 0 Å². The van der Waals surface area contributed by atoms with Crippen molar-refractivity contribution in [3.05, 3.63) is 28.6 Å². The van der Waals surface area contributed by atoms with Crippen LogP contribution in [0.3, 0.4) is 0 Å². The van der Waals surface area contributed by atoms with Crippen LogP contribution in [-0.4, -0.2) is 16.8 Å². The lowest BCUT2D eigenvalue weighted by Crippen LogP contribution is -2.01. The largest absolute Gasteiger partial charge is 0.452 e. The van der Waals surface area contributed by atoms with E-state index in [1.165, 1.54) is 6.07 Å². The average molecular weight is 190 g/mol. The number of aromatic amines is 1. The molecule has 0 aliphatic carbocycles. The summed E-state index contributed by atoms with van der Waals surface area (Å²) in [5, 5.41) is 0.511. The molecule has 1 aliphatic heterocycles. The van der Waals surface area contributed by atoms with Crippen molar-refractivity contribution in [2.24, 2.45) is 0 Å². The van der Waals surface area contributed by atoms with E-state index in [9.17, 15) is 4.79 Å². The maximum atomic E-state index is 11.4. The Kier molecular flexibility index (Phi) is 1.30. The summed E-state index contributed by atoms with van der Waals surface area (Å²) in [6.45, 7) is 0.160. The maximum Gasteiger partial charge on any atom is 0.262 e. The standard InChI is InChI=1S/C9H6N2O3/c12-6-1-2-10-8-5(6)3-7-9(11-8)14-4-13-7/h1-3H,4H2,(H,10,11,12). The molecule has 5 nitrogen and oxygen atoms in total. The third kappa shape index (κ3) is 0.891. The average Bonchev–Trinajstić information content (AvgIpc) is 2.62. The Morgan fingerprint density at radius 3 is 3.29 bits per heavy atom. The molecule has 70 valence electrons. The summed E-state index contributed by atoms with van der Waals surface area (Å²) in [4.78, 5) is 18.4. The number of hydrogen-bond donors (Lipinski definition) is 1. The molecule has 0 saturated heterocycles. The molecule has 0 unspecified atom stereocenters. The predicted molar refractivity (Wildman–Crippen MR) is 48.5 cm³/mol. The van der Waals surface area contributed by atoms with Gasteiger partial charge < -0.3 is 14.5 Å². The van der Waals surface area contributed by atoms with E-state index in [0.29, 0.717) is 22.7 Å². The highest BCUT2D eigenvalue weighted by Crippen LogP contribution is 2.30. The zero-order chi connectivity index (χ0) is 9.54. The summed E-state index contributed by atoms with van der Waals surface area (Å²) < 4.78 is 10.2. The topological polar surface area (TPSA) is 64.2 Å². The van der Waals surface area contributed by atoms with Gasteiger partial charge in [0.2, 0.25) is 6.79 Å². The molecule has 3 rings (SSSR count). The van der Waals surface area contributed by atoms with Crippen molar-refractivity contribution in [3.8, 4) is 11.6 Å². The fraction of sp³-hybridized carbons (Fsp3) is 0.111. The van der Waals surface area contributed by atoms with Crippen LogP contribution in [0.1, 0.15) is 0 Å². The Bertz CT molecular complexity index is 561. The summed E-state index contributed by atoms with van der Waals surface area (Å²) in [7, 11) is 0. The van der Waals surface area contributed by atoms with Gasteiger partial charge in [-0.25, -0.2) is 0 Å². The monoisotopic (exact) mass is 190 g/mol. The molecule has 3 heterocycles. The normalized spacial score (nSPS) is 13.4. The Labute approximate surface area is 78.3 Å². The molecule has 0 atom stereocenters. The number of pyridine rings is 2. The molecule has 0 amide bonds. The molecular weight excluding hydrogens is 184 g/mol.